The first-order valence-corrected chi connectivity index (χ1v) is 12.2. The minimum absolute atomic E-state index is 0.0155. The average Bonchev–Trinajstić information content (AvgIpc) is 2.83. The van der Waals surface area contributed by atoms with Crippen molar-refractivity contribution in [3.8, 4) is 5.75 Å². The third-order valence-electron chi connectivity index (χ3n) is 7.01. The highest BCUT2D eigenvalue weighted by molar-refractivity contribution is 5.98. The van der Waals surface area contributed by atoms with Gasteiger partial charge in [0, 0.05) is 30.8 Å². The van der Waals surface area contributed by atoms with Crippen molar-refractivity contribution in [3.63, 3.8) is 0 Å². The van der Waals surface area contributed by atoms with Gasteiger partial charge < -0.3 is 10.1 Å². The lowest BCUT2D eigenvalue weighted by atomic mass is 9.90. The largest absolute Gasteiger partial charge is 0.478 e. The molecule has 1 atom stereocenters. The number of piperidine rings is 1. The van der Waals surface area contributed by atoms with Crippen molar-refractivity contribution >= 4 is 17.5 Å². The molecule has 10 heteroatoms. The van der Waals surface area contributed by atoms with Gasteiger partial charge in [-0.3, -0.25) is 19.9 Å². The summed E-state index contributed by atoms with van der Waals surface area (Å²) in [7, 11) is 0. The van der Waals surface area contributed by atoms with Crippen LogP contribution in [0.2, 0.25) is 0 Å². The number of halogens is 2. The number of benzene rings is 1. The predicted molar refractivity (Wildman–Crippen MR) is 125 cm³/mol. The van der Waals surface area contributed by atoms with Gasteiger partial charge in [0.25, 0.3) is 11.8 Å². The summed E-state index contributed by atoms with van der Waals surface area (Å²) in [4.78, 5) is 30.3. The van der Waals surface area contributed by atoms with E-state index < -0.39 is 23.8 Å². The van der Waals surface area contributed by atoms with Crippen LogP contribution in [0.1, 0.15) is 60.1 Å². The third-order valence-corrected chi connectivity index (χ3v) is 7.01. The highest BCUT2D eigenvalue weighted by Crippen LogP contribution is 2.36. The van der Waals surface area contributed by atoms with E-state index in [0.29, 0.717) is 55.8 Å². The number of nitrogens with one attached hydrogen (secondary N) is 2. The lowest BCUT2D eigenvalue weighted by Crippen LogP contribution is -2.50. The molecule has 1 aromatic carbocycles. The van der Waals surface area contributed by atoms with Gasteiger partial charge in [0.1, 0.15) is 17.1 Å². The van der Waals surface area contributed by atoms with Crippen LogP contribution < -0.4 is 15.5 Å². The normalized spacial score (nSPS) is 21.0. The van der Waals surface area contributed by atoms with Gasteiger partial charge in [-0.1, -0.05) is 19.1 Å². The molecule has 35 heavy (non-hydrogen) atoms. The molecule has 2 amide bonds. The molecule has 3 aliphatic heterocycles. The van der Waals surface area contributed by atoms with E-state index in [2.05, 4.69) is 20.6 Å². The lowest BCUT2D eigenvalue weighted by Gasteiger charge is -2.33. The number of pyridine rings is 1. The molecule has 3 aliphatic rings. The van der Waals surface area contributed by atoms with Crippen molar-refractivity contribution in [1.82, 2.24) is 20.3 Å². The molecule has 2 N–H and O–H groups in total. The van der Waals surface area contributed by atoms with Gasteiger partial charge >= 0.3 is 0 Å². The summed E-state index contributed by atoms with van der Waals surface area (Å²) < 4.78 is 35.5. The second-order valence-electron chi connectivity index (χ2n) is 9.32. The number of carbonyl (C=O) groups is 2. The van der Waals surface area contributed by atoms with Crippen LogP contribution in [-0.2, 0) is 11.3 Å². The van der Waals surface area contributed by atoms with Gasteiger partial charge in [-0.2, -0.15) is 4.39 Å². The molecule has 8 nitrogen and oxygen atoms in total. The molecule has 4 heterocycles. The Hall–Kier alpha value is -3.11. The summed E-state index contributed by atoms with van der Waals surface area (Å²) in [6.45, 7) is 5.14. The SMILES string of the molecule is CCC1Oc2ccc(CN3CCC(c4ccc(C(=O)NN5CCC5)nc4F)CC3)c(F)c2NC1=O. The molecule has 0 saturated carbocycles. The molecule has 186 valence electrons. The minimum Gasteiger partial charge on any atom is -0.478 e. The number of hydrogen-bond donors (Lipinski definition) is 2. The number of fused-ring (bicyclic) bond motifs is 1. The van der Waals surface area contributed by atoms with Crippen LogP contribution in [0.3, 0.4) is 0 Å². The number of hydrazine groups is 1. The number of aromatic nitrogens is 1. The Bertz CT molecular complexity index is 1130. The highest BCUT2D eigenvalue weighted by atomic mass is 19.1. The molecule has 1 aromatic heterocycles. The van der Waals surface area contributed by atoms with Gasteiger partial charge in [-0.05, 0) is 56.8 Å². The molecule has 0 aliphatic carbocycles. The quantitative estimate of drug-likeness (QED) is 0.612. The van der Waals surface area contributed by atoms with E-state index in [4.69, 9.17) is 4.74 Å². The monoisotopic (exact) mass is 485 g/mol. The topological polar surface area (TPSA) is 86.8 Å². The second kappa shape index (κ2) is 9.87. The molecular weight excluding hydrogens is 456 g/mol. The van der Waals surface area contributed by atoms with Crippen molar-refractivity contribution in [1.29, 1.82) is 0 Å². The van der Waals surface area contributed by atoms with Crippen LogP contribution in [0.5, 0.6) is 5.75 Å². The molecule has 0 spiro atoms. The zero-order valence-electron chi connectivity index (χ0n) is 19.7. The molecule has 0 radical (unpaired) electrons. The summed E-state index contributed by atoms with van der Waals surface area (Å²) in [5.41, 5.74) is 3.87. The van der Waals surface area contributed by atoms with Crippen molar-refractivity contribution in [2.75, 3.05) is 31.5 Å². The maximum Gasteiger partial charge on any atom is 0.284 e. The fourth-order valence-electron chi connectivity index (χ4n) is 4.77. The van der Waals surface area contributed by atoms with E-state index in [0.717, 1.165) is 19.5 Å². The zero-order valence-corrected chi connectivity index (χ0v) is 19.7. The van der Waals surface area contributed by atoms with E-state index in [-0.39, 0.29) is 23.2 Å². The van der Waals surface area contributed by atoms with E-state index >= 15 is 4.39 Å². The fourth-order valence-corrected chi connectivity index (χ4v) is 4.77. The Labute approximate surface area is 202 Å². The van der Waals surface area contributed by atoms with Crippen LogP contribution in [0.25, 0.3) is 0 Å². The maximum atomic E-state index is 15.1. The van der Waals surface area contributed by atoms with Gasteiger partial charge in [-0.15, -0.1) is 0 Å². The summed E-state index contributed by atoms with van der Waals surface area (Å²) in [6, 6.07) is 6.62. The first-order valence-electron chi connectivity index (χ1n) is 12.2. The molecule has 2 aromatic rings. The van der Waals surface area contributed by atoms with E-state index in [9.17, 15) is 14.0 Å². The first-order chi connectivity index (χ1) is 16.9. The number of likely N-dealkylation sites (tertiary alicyclic amines) is 1. The Morgan fingerprint density at radius 2 is 1.94 bits per heavy atom. The summed E-state index contributed by atoms with van der Waals surface area (Å²) in [6.07, 6.45) is 2.33. The zero-order chi connectivity index (χ0) is 24.5. The van der Waals surface area contributed by atoms with Crippen LogP contribution in [0.15, 0.2) is 24.3 Å². The Kier molecular flexibility index (Phi) is 6.66. The standard InChI is InChI=1S/C25H29F2N5O3/c1-2-19-25(34)29-22-20(35-19)7-4-16(21(22)26)14-31-12-8-15(9-13-31)17-5-6-18(28-23(17)27)24(33)30-32-10-3-11-32/h4-7,15,19H,2-3,8-14H2,1H3,(H,29,34)(H,30,33). The van der Waals surface area contributed by atoms with Crippen LogP contribution in [-0.4, -0.2) is 59.0 Å². The van der Waals surface area contributed by atoms with Gasteiger partial charge in [0.05, 0.1) is 0 Å². The van der Waals surface area contributed by atoms with Crippen molar-refractivity contribution in [2.45, 2.75) is 51.2 Å². The van der Waals surface area contributed by atoms with Gasteiger partial charge in [-0.25, -0.2) is 14.4 Å². The van der Waals surface area contributed by atoms with Crippen molar-refractivity contribution in [2.24, 2.45) is 0 Å². The fraction of sp³-hybridized carbons (Fsp3) is 0.480. The summed E-state index contributed by atoms with van der Waals surface area (Å²) in [5, 5.41) is 4.41. The minimum atomic E-state index is -0.610. The Morgan fingerprint density at radius 1 is 1.17 bits per heavy atom. The number of amides is 2. The molecule has 5 rings (SSSR count). The number of hydrogen-bond acceptors (Lipinski definition) is 6. The van der Waals surface area contributed by atoms with E-state index in [1.165, 1.54) is 0 Å². The molecule has 2 fully saturated rings. The second-order valence-corrected chi connectivity index (χ2v) is 9.32. The Balaban J connectivity index is 1.19. The highest BCUT2D eigenvalue weighted by Gasteiger charge is 2.30. The van der Waals surface area contributed by atoms with Crippen molar-refractivity contribution in [3.05, 3.63) is 52.9 Å². The molecule has 0 bridgehead atoms. The van der Waals surface area contributed by atoms with E-state index in [1.807, 2.05) is 6.92 Å². The molecular formula is C25H29F2N5O3. The number of carbonyl (C=O) groups excluding carboxylic acids is 2. The number of rotatable bonds is 6. The van der Waals surface area contributed by atoms with Crippen molar-refractivity contribution < 1.29 is 23.1 Å². The van der Waals surface area contributed by atoms with E-state index in [1.54, 1.807) is 29.3 Å². The summed E-state index contributed by atoms with van der Waals surface area (Å²) in [5.74, 6) is -1.49. The maximum absolute atomic E-state index is 15.1. The third kappa shape index (κ3) is 4.85. The van der Waals surface area contributed by atoms with Crippen LogP contribution >= 0.6 is 0 Å². The van der Waals surface area contributed by atoms with Gasteiger partial charge in [0.15, 0.2) is 11.9 Å². The van der Waals surface area contributed by atoms with Crippen LogP contribution in [0.4, 0.5) is 14.5 Å². The molecule has 1 unspecified atom stereocenters. The number of anilines is 1. The predicted octanol–water partition coefficient (Wildman–Crippen LogP) is 3.20. The first kappa shape index (κ1) is 23.6. The number of ether oxygens (including phenoxy) is 1. The lowest BCUT2D eigenvalue weighted by molar-refractivity contribution is -0.123. The Morgan fingerprint density at radius 3 is 2.60 bits per heavy atom. The van der Waals surface area contributed by atoms with Gasteiger partial charge in [0.2, 0.25) is 5.95 Å². The number of nitrogens with zero attached hydrogens (tertiary/aromatic N) is 3. The van der Waals surface area contributed by atoms with Crippen LogP contribution in [0, 0.1) is 11.8 Å². The average molecular weight is 486 g/mol. The smallest absolute Gasteiger partial charge is 0.284 e. The molecule has 2 saturated heterocycles. The summed E-state index contributed by atoms with van der Waals surface area (Å²) >= 11 is 0.